The highest BCUT2D eigenvalue weighted by Gasteiger charge is 2.07. The van der Waals surface area contributed by atoms with Crippen LogP contribution in [0, 0.1) is 0 Å². The molecule has 0 saturated carbocycles. The molecule has 2 rings (SSSR count). The standard InChI is InChI=1S/C13H20N2O2.C7H6O3.CH4N2O/c1-3-15(4-2)9-10-17-13(16)11-5-7-12(14)8-6-11;8-6-4-2-1-3-5(6)7(9)10;2-1(3)4/h5-8H,3-4,9-10,14H2,1-2H3;1-4,8H,(H,9,10);(H4,2,3,4). The number of aromatic hydroxyl groups is 1. The Balaban J connectivity index is 0.000000540. The second-order valence-corrected chi connectivity index (χ2v) is 6.01. The molecule has 170 valence electrons. The van der Waals surface area contributed by atoms with Crippen molar-refractivity contribution in [3.05, 3.63) is 59.7 Å². The summed E-state index contributed by atoms with van der Waals surface area (Å²) in [6.07, 6.45) is 0. The van der Waals surface area contributed by atoms with E-state index < -0.39 is 12.0 Å². The number of ether oxygens (including phenoxy) is 1. The van der Waals surface area contributed by atoms with E-state index in [9.17, 15) is 9.59 Å². The van der Waals surface area contributed by atoms with E-state index in [0.717, 1.165) is 19.6 Å². The summed E-state index contributed by atoms with van der Waals surface area (Å²) < 4.78 is 5.18. The normalized spacial score (nSPS) is 9.52. The maximum Gasteiger partial charge on any atom is 0.339 e. The molecular weight excluding hydrogens is 404 g/mol. The maximum absolute atomic E-state index is 11.6. The number of likely N-dealkylation sites (N-methyl/N-ethyl adjacent to an activating group) is 1. The molecule has 0 aromatic heterocycles. The summed E-state index contributed by atoms with van der Waals surface area (Å²) in [6, 6.07) is 11.7. The van der Waals surface area contributed by atoms with Crippen LogP contribution in [0.5, 0.6) is 5.75 Å². The fraction of sp³-hybridized carbons (Fsp3) is 0.286. The lowest BCUT2D eigenvalue weighted by Crippen LogP contribution is -2.27. The quantitative estimate of drug-likeness (QED) is 0.323. The van der Waals surface area contributed by atoms with Gasteiger partial charge in [-0.15, -0.1) is 0 Å². The molecule has 0 radical (unpaired) electrons. The number of nitrogens with zero attached hydrogens (tertiary/aromatic N) is 1. The minimum atomic E-state index is -1.11. The number of hydrogen-bond donors (Lipinski definition) is 5. The first-order chi connectivity index (χ1) is 14.6. The SMILES string of the molecule is CCN(CC)CCOC(=O)c1ccc(N)cc1.NC(N)=O.O=C(O)c1ccccc1O. The van der Waals surface area contributed by atoms with Crippen molar-refractivity contribution in [3.8, 4) is 5.75 Å². The molecule has 0 aliphatic heterocycles. The zero-order valence-corrected chi connectivity index (χ0v) is 17.7. The van der Waals surface area contributed by atoms with Crippen molar-refractivity contribution >= 4 is 23.7 Å². The van der Waals surface area contributed by atoms with Gasteiger partial charge in [0.1, 0.15) is 17.9 Å². The lowest BCUT2D eigenvalue weighted by molar-refractivity contribution is 0.0466. The number of nitrogen functional groups attached to an aromatic ring is 1. The summed E-state index contributed by atoms with van der Waals surface area (Å²) in [5.41, 5.74) is 15.2. The number of nitrogens with two attached hydrogens (primary N) is 3. The van der Waals surface area contributed by atoms with Gasteiger partial charge in [-0.3, -0.25) is 0 Å². The van der Waals surface area contributed by atoms with Crippen LogP contribution in [-0.2, 0) is 4.74 Å². The zero-order chi connectivity index (χ0) is 23.8. The Morgan fingerprint density at radius 3 is 1.90 bits per heavy atom. The maximum atomic E-state index is 11.6. The number of esters is 1. The number of para-hydroxylation sites is 1. The summed E-state index contributed by atoms with van der Waals surface area (Å²) in [5.74, 6) is -1.61. The average molecular weight is 434 g/mol. The van der Waals surface area contributed by atoms with Crippen molar-refractivity contribution in [1.82, 2.24) is 4.90 Å². The van der Waals surface area contributed by atoms with E-state index in [1.807, 2.05) is 0 Å². The van der Waals surface area contributed by atoms with Crippen molar-refractivity contribution in [1.29, 1.82) is 0 Å². The Morgan fingerprint density at radius 2 is 1.48 bits per heavy atom. The fourth-order valence-corrected chi connectivity index (χ4v) is 2.16. The number of phenols is 1. The molecule has 0 atom stereocenters. The Morgan fingerprint density at radius 1 is 0.968 bits per heavy atom. The van der Waals surface area contributed by atoms with Crippen LogP contribution in [0.1, 0.15) is 34.6 Å². The van der Waals surface area contributed by atoms with Crippen molar-refractivity contribution in [2.24, 2.45) is 11.5 Å². The molecular formula is C21H30N4O6. The Kier molecular flexibility index (Phi) is 13.3. The summed E-state index contributed by atoms with van der Waals surface area (Å²) in [6.45, 7) is 7.31. The molecule has 2 aromatic carbocycles. The molecule has 10 heteroatoms. The third-order valence-corrected chi connectivity index (χ3v) is 3.82. The first-order valence-corrected chi connectivity index (χ1v) is 9.43. The molecule has 2 amide bonds. The molecule has 0 spiro atoms. The number of benzene rings is 2. The number of hydrogen-bond acceptors (Lipinski definition) is 7. The summed E-state index contributed by atoms with van der Waals surface area (Å²) in [7, 11) is 0. The number of rotatable bonds is 7. The number of urea groups is 1. The van der Waals surface area contributed by atoms with Gasteiger partial charge in [0.05, 0.1) is 5.56 Å². The van der Waals surface area contributed by atoms with E-state index in [1.165, 1.54) is 12.1 Å². The van der Waals surface area contributed by atoms with Crippen LogP contribution in [0.4, 0.5) is 10.5 Å². The van der Waals surface area contributed by atoms with E-state index in [2.05, 4.69) is 30.2 Å². The van der Waals surface area contributed by atoms with Gasteiger partial charge in [-0.2, -0.15) is 0 Å². The number of aromatic carboxylic acids is 1. The molecule has 0 bridgehead atoms. The van der Waals surface area contributed by atoms with Gasteiger partial charge in [-0.25, -0.2) is 14.4 Å². The third kappa shape index (κ3) is 12.4. The van der Waals surface area contributed by atoms with Crippen LogP contribution < -0.4 is 17.2 Å². The molecule has 0 saturated heterocycles. The zero-order valence-electron chi connectivity index (χ0n) is 17.7. The average Bonchev–Trinajstić information content (AvgIpc) is 2.72. The lowest BCUT2D eigenvalue weighted by Gasteiger charge is -2.17. The van der Waals surface area contributed by atoms with Gasteiger partial charge in [0.2, 0.25) is 0 Å². The third-order valence-electron chi connectivity index (χ3n) is 3.82. The lowest BCUT2D eigenvalue weighted by atomic mass is 10.2. The fourth-order valence-electron chi connectivity index (χ4n) is 2.16. The van der Waals surface area contributed by atoms with Gasteiger partial charge in [0.15, 0.2) is 0 Å². The van der Waals surface area contributed by atoms with Crippen LogP contribution in [0.25, 0.3) is 0 Å². The molecule has 10 nitrogen and oxygen atoms in total. The largest absolute Gasteiger partial charge is 0.507 e. The summed E-state index contributed by atoms with van der Waals surface area (Å²) in [4.78, 5) is 33.1. The first-order valence-electron chi connectivity index (χ1n) is 9.43. The predicted octanol–water partition coefficient (Wildman–Crippen LogP) is 1.88. The molecule has 8 N–H and O–H groups in total. The number of carboxylic acids is 1. The van der Waals surface area contributed by atoms with Crippen LogP contribution in [-0.4, -0.2) is 59.3 Å². The van der Waals surface area contributed by atoms with Gasteiger partial charge < -0.3 is 37.1 Å². The van der Waals surface area contributed by atoms with Gasteiger partial charge in [0, 0.05) is 12.2 Å². The van der Waals surface area contributed by atoms with Gasteiger partial charge in [-0.1, -0.05) is 26.0 Å². The highest BCUT2D eigenvalue weighted by atomic mass is 16.5. The smallest absolute Gasteiger partial charge is 0.339 e. The molecule has 0 unspecified atom stereocenters. The van der Waals surface area contributed by atoms with Crippen LogP contribution in [0.2, 0.25) is 0 Å². The minimum Gasteiger partial charge on any atom is -0.507 e. The van der Waals surface area contributed by atoms with Crippen LogP contribution in [0.15, 0.2) is 48.5 Å². The van der Waals surface area contributed by atoms with Gasteiger partial charge in [0.25, 0.3) is 0 Å². The van der Waals surface area contributed by atoms with E-state index >= 15 is 0 Å². The number of carboxylic acid groups (broad SMARTS) is 1. The number of carbonyl (C=O) groups is 3. The topological polar surface area (TPSA) is 182 Å². The second kappa shape index (κ2) is 15.1. The molecule has 0 heterocycles. The van der Waals surface area contributed by atoms with E-state index in [1.54, 1.807) is 36.4 Å². The van der Waals surface area contributed by atoms with E-state index in [4.69, 9.17) is 25.5 Å². The number of carbonyl (C=O) groups excluding carboxylic acids is 2. The molecule has 31 heavy (non-hydrogen) atoms. The summed E-state index contributed by atoms with van der Waals surface area (Å²) >= 11 is 0. The van der Waals surface area contributed by atoms with Crippen LogP contribution in [0.3, 0.4) is 0 Å². The van der Waals surface area contributed by atoms with Gasteiger partial charge >= 0.3 is 18.0 Å². The van der Waals surface area contributed by atoms with E-state index in [-0.39, 0.29) is 17.3 Å². The van der Waals surface area contributed by atoms with Crippen molar-refractivity contribution < 1.29 is 29.3 Å². The number of anilines is 1. The molecule has 0 aliphatic rings. The monoisotopic (exact) mass is 434 g/mol. The highest BCUT2D eigenvalue weighted by Crippen LogP contribution is 2.14. The van der Waals surface area contributed by atoms with Gasteiger partial charge in [-0.05, 0) is 49.5 Å². The van der Waals surface area contributed by atoms with E-state index in [0.29, 0.717) is 17.9 Å². The molecule has 0 fully saturated rings. The minimum absolute atomic E-state index is 0.0671. The predicted molar refractivity (Wildman–Crippen MR) is 118 cm³/mol. The number of amides is 2. The van der Waals surface area contributed by atoms with Crippen molar-refractivity contribution in [2.75, 3.05) is 32.0 Å². The van der Waals surface area contributed by atoms with Crippen molar-refractivity contribution in [2.45, 2.75) is 13.8 Å². The Hall–Kier alpha value is -3.79. The molecule has 2 aromatic rings. The first kappa shape index (κ1) is 27.2. The van der Waals surface area contributed by atoms with Crippen LogP contribution >= 0.6 is 0 Å². The molecule has 0 aliphatic carbocycles. The Bertz CT molecular complexity index is 819. The van der Waals surface area contributed by atoms with Crippen molar-refractivity contribution in [3.63, 3.8) is 0 Å². The summed E-state index contributed by atoms with van der Waals surface area (Å²) in [5, 5.41) is 17.3. The number of primary amides is 2. The highest BCUT2D eigenvalue weighted by molar-refractivity contribution is 5.90. The second-order valence-electron chi connectivity index (χ2n) is 6.01. The Labute approximate surface area is 181 Å².